The van der Waals surface area contributed by atoms with Crippen molar-refractivity contribution in [2.45, 2.75) is 0 Å². The monoisotopic (exact) mass is 529 g/mol. The van der Waals surface area contributed by atoms with Gasteiger partial charge in [0.05, 0.1) is 22.8 Å². The van der Waals surface area contributed by atoms with Crippen LogP contribution in [0, 0.1) is 0 Å². The van der Waals surface area contributed by atoms with Gasteiger partial charge in [-0.1, -0.05) is 42.5 Å². The Morgan fingerprint density at radius 3 is 2.03 bits per heavy atom. The Kier molecular flexibility index (Phi) is 6.59. The molecule has 8 heteroatoms. The third-order valence-corrected chi connectivity index (χ3v) is 7.21. The Hall–Kier alpha value is -5.21. The standard InChI is InChI=1S/C31H19N3O4S/c35-18-37-22-10-12-33-27(15-22)29-17-23(38-19-36)16-28(34-29)26-13-21(9-11-32-26)6-5-20-7-8-25-24-3-1-2-4-30(24)39-31(25)14-20/h1-19H/b6-5+. The van der Waals surface area contributed by atoms with Gasteiger partial charge in [0.2, 0.25) is 0 Å². The predicted octanol–water partition coefficient (Wildman–Crippen LogP) is 6.81. The predicted molar refractivity (Wildman–Crippen MR) is 152 cm³/mol. The number of carbonyl (C=O) groups excluding carboxylic acids is 2. The normalized spacial score (nSPS) is 11.2. The summed E-state index contributed by atoms with van der Waals surface area (Å²) in [6, 6.07) is 25.1. The Morgan fingerprint density at radius 2 is 1.23 bits per heavy atom. The van der Waals surface area contributed by atoms with Gasteiger partial charge in [0.1, 0.15) is 11.5 Å². The molecule has 0 N–H and O–H groups in total. The molecule has 188 valence electrons. The number of hydrogen-bond donors (Lipinski definition) is 0. The molecule has 0 aliphatic heterocycles. The average molecular weight is 530 g/mol. The second kappa shape index (κ2) is 10.6. The number of rotatable bonds is 8. The maximum Gasteiger partial charge on any atom is 0.298 e. The summed E-state index contributed by atoms with van der Waals surface area (Å²) >= 11 is 1.79. The zero-order valence-corrected chi connectivity index (χ0v) is 21.2. The van der Waals surface area contributed by atoms with Crippen molar-refractivity contribution in [1.29, 1.82) is 0 Å². The van der Waals surface area contributed by atoms with Crippen LogP contribution in [0.3, 0.4) is 0 Å². The molecule has 4 heterocycles. The highest BCUT2D eigenvalue weighted by Crippen LogP contribution is 2.34. The molecule has 0 bridgehead atoms. The third-order valence-electron chi connectivity index (χ3n) is 6.08. The molecule has 0 spiro atoms. The molecule has 6 aromatic rings. The van der Waals surface area contributed by atoms with Gasteiger partial charge in [-0.25, -0.2) is 4.98 Å². The van der Waals surface area contributed by atoms with E-state index in [9.17, 15) is 9.59 Å². The molecule has 0 fully saturated rings. The molecule has 0 aliphatic rings. The van der Waals surface area contributed by atoms with Gasteiger partial charge in [0.15, 0.2) is 0 Å². The number of nitrogens with zero attached hydrogens (tertiary/aromatic N) is 3. The number of carbonyl (C=O) groups is 2. The average Bonchev–Trinajstić information content (AvgIpc) is 3.34. The lowest BCUT2D eigenvalue weighted by atomic mass is 10.1. The van der Waals surface area contributed by atoms with E-state index in [1.165, 1.54) is 26.4 Å². The van der Waals surface area contributed by atoms with Gasteiger partial charge in [-0.2, -0.15) is 0 Å². The summed E-state index contributed by atoms with van der Waals surface area (Å²) in [6.07, 6.45) is 7.29. The molecule has 0 unspecified atom stereocenters. The smallest absolute Gasteiger partial charge is 0.298 e. The van der Waals surface area contributed by atoms with Crippen molar-refractivity contribution < 1.29 is 19.1 Å². The number of aromatic nitrogens is 3. The highest BCUT2D eigenvalue weighted by atomic mass is 32.1. The molecule has 0 atom stereocenters. The highest BCUT2D eigenvalue weighted by molar-refractivity contribution is 7.25. The Bertz CT molecular complexity index is 1880. The number of thiophene rings is 1. The van der Waals surface area contributed by atoms with Gasteiger partial charge in [-0.15, -0.1) is 11.3 Å². The summed E-state index contributed by atoms with van der Waals surface area (Å²) < 4.78 is 12.6. The van der Waals surface area contributed by atoms with Crippen LogP contribution >= 0.6 is 11.3 Å². The highest BCUT2D eigenvalue weighted by Gasteiger charge is 2.12. The first-order chi connectivity index (χ1) is 19.2. The summed E-state index contributed by atoms with van der Waals surface area (Å²) in [5, 5.41) is 2.54. The SMILES string of the molecule is O=COc1ccnc(-c2cc(OC=O)cc(-c3cc(/C=C/c4ccc5c(c4)sc4ccccc45)ccn3)n2)c1. The number of hydrogen-bond acceptors (Lipinski definition) is 8. The van der Waals surface area contributed by atoms with Crippen molar-refractivity contribution in [1.82, 2.24) is 15.0 Å². The van der Waals surface area contributed by atoms with Crippen LogP contribution in [-0.2, 0) is 9.59 Å². The molecule has 2 aromatic carbocycles. The van der Waals surface area contributed by atoms with Crippen molar-refractivity contribution in [3.05, 3.63) is 102 Å². The lowest BCUT2D eigenvalue weighted by molar-refractivity contribution is -0.121. The quantitative estimate of drug-likeness (QED) is 0.200. The lowest BCUT2D eigenvalue weighted by Gasteiger charge is -2.08. The van der Waals surface area contributed by atoms with Gasteiger partial charge < -0.3 is 9.47 Å². The summed E-state index contributed by atoms with van der Waals surface area (Å²) in [4.78, 5) is 35.3. The Labute approximate surface area is 227 Å². The fourth-order valence-corrected chi connectivity index (χ4v) is 5.46. The van der Waals surface area contributed by atoms with Crippen LogP contribution in [-0.4, -0.2) is 27.9 Å². The van der Waals surface area contributed by atoms with E-state index in [2.05, 4.69) is 63.5 Å². The van der Waals surface area contributed by atoms with E-state index in [0.29, 0.717) is 41.5 Å². The fraction of sp³-hybridized carbons (Fsp3) is 0. The van der Waals surface area contributed by atoms with Crippen molar-refractivity contribution in [3.8, 4) is 34.3 Å². The van der Waals surface area contributed by atoms with Crippen molar-refractivity contribution in [3.63, 3.8) is 0 Å². The Morgan fingerprint density at radius 1 is 0.590 bits per heavy atom. The van der Waals surface area contributed by atoms with Crippen molar-refractivity contribution in [2.75, 3.05) is 0 Å². The van der Waals surface area contributed by atoms with E-state index in [1.54, 1.807) is 41.8 Å². The summed E-state index contributed by atoms with van der Waals surface area (Å²) in [7, 11) is 0. The van der Waals surface area contributed by atoms with Crippen LogP contribution in [0.5, 0.6) is 11.5 Å². The van der Waals surface area contributed by atoms with E-state index in [-0.39, 0.29) is 5.75 Å². The van der Waals surface area contributed by atoms with Crippen LogP contribution in [0.1, 0.15) is 11.1 Å². The second-order valence-corrected chi connectivity index (χ2v) is 9.62. The van der Waals surface area contributed by atoms with Gasteiger partial charge in [-0.05, 0) is 41.5 Å². The van der Waals surface area contributed by atoms with Crippen LogP contribution in [0.15, 0.2) is 91.3 Å². The van der Waals surface area contributed by atoms with Crippen molar-refractivity contribution in [2.24, 2.45) is 0 Å². The van der Waals surface area contributed by atoms with E-state index in [0.717, 1.165) is 11.1 Å². The first kappa shape index (κ1) is 24.1. The minimum atomic E-state index is 0.285. The first-order valence-corrected chi connectivity index (χ1v) is 12.8. The molecular weight excluding hydrogens is 510 g/mol. The summed E-state index contributed by atoms with van der Waals surface area (Å²) in [5.74, 6) is 0.604. The third kappa shape index (κ3) is 5.14. The molecule has 0 amide bonds. The molecule has 0 saturated heterocycles. The fourth-order valence-electron chi connectivity index (χ4n) is 4.30. The largest absolute Gasteiger partial charge is 0.429 e. The van der Waals surface area contributed by atoms with E-state index in [1.807, 2.05) is 18.2 Å². The van der Waals surface area contributed by atoms with Gasteiger partial charge in [0, 0.05) is 50.8 Å². The van der Waals surface area contributed by atoms with E-state index >= 15 is 0 Å². The minimum Gasteiger partial charge on any atom is -0.429 e. The first-order valence-electron chi connectivity index (χ1n) is 11.9. The molecule has 7 nitrogen and oxygen atoms in total. The van der Waals surface area contributed by atoms with Crippen LogP contribution in [0.25, 0.3) is 55.1 Å². The van der Waals surface area contributed by atoms with Crippen molar-refractivity contribution >= 4 is 56.6 Å². The minimum absolute atomic E-state index is 0.285. The molecular formula is C31H19N3O4S. The number of pyridine rings is 3. The van der Waals surface area contributed by atoms with Crippen LogP contribution < -0.4 is 9.47 Å². The van der Waals surface area contributed by atoms with Crippen LogP contribution in [0.2, 0.25) is 0 Å². The van der Waals surface area contributed by atoms with E-state index in [4.69, 9.17) is 9.47 Å². The van der Waals surface area contributed by atoms with E-state index < -0.39 is 0 Å². The maximum absolute atomic E-state index is 11.1. The summed E-state index contributed by atoms with van der Waals surface area (Å²) in [5.41, 5.74) is 3.99. The Balaban J connectivity index is 1.33. The van der Waals surface area contributed by atoms with Gasteiger partial charge in [0.25, 0.3) is 12.9 Å². The number of benzene rings is 2. The zero-order valence-electron chi connectivity index (χ0n) is 20.4. The lowest BCUT2D eigenvalue weighted by Crippen LogP contribution is -1.97. The van der Waals surface area contributed by atoms with Gasteiger partial charge >= 0.3 is 0 Å². The summed E-state index contributed by atoms with van der Waals surface area (Å²) in [6.45, 7) is 0.690. The molecule has 0 saturated carbocycles. The molecule has 6 rings (SSSR count). The van der Waals surface area contributed by atoms with Gasteiger partial charge in [-0.3, -0.25) is 19.6 Å². The molecule has 4 aromatic heterocycles. The topological polar surface area (TPSA) is 91.3 Å². The van der Waals surface area contributed by atoms with Crippen LogP contribution in [0.4, 0.5) is 0 Å². The molecule has 0 radical (unpaired) electrons. The maximum atomic E-state index is 11.1. The second-order valence-electron chi connectivity index (χ2n) is 8.54. The number of fused-ring (bicyclic) bond motifs is 3. The molecule has 39 heavy (non-hydrogen) atoms. The molecule has 0 aliphatic carbocycles. The number of ether oxygens (including phenoxy) is 2. The zero-order chi connectivity index (χ0) is 26.6.